The zero-order valence-corrected chi connectivity index (χ0v) is 22.9. The van der Waals surface area contributed by atoms with Crippen LogP contribution in [-0.4, -0.2) is 47.7 Å². The Bertz CT molecular complexity index is 1500. The van der Waals surface area contributed by atoms with Crippen molar-refractivity contribution in [3.05, 3.63) is 63.8 Å². The van der Waals surface area contributed by atoms with E-state index < -0.39 is 5.54 Å². The number of halogens is 2. The number of nitrogens with zero attached hydrogens (tertiary/aromatic N) is 3. The fourth-order valence-corrected chi connectivity index (χ4v) is 5.62. The van der Waals surface area contributed by atoms with E-state index in [1.165, 1.54) is 0 Å². The SMILES string of the molecule is Cc1cc2cc(NC(=NC34CN(CC(=O)NCc5cccc(Cl)c5Cl)CCCCC3C4=O)NC#N)ccc2o1. The fraction of sp³-hybridized carbons (Fsp3) is 0.357. The molecule has 1 saturated carbocycles. The van der Waals surface area contributed by atoms with Crippen LogP contribution in [0, 0.1) is 24.3 Å². The van der Waals surface area contributed by atoms with Gasteiger partial charge in [0.1, 0.15) is 16.9 Å². The van der Waals surface area contributed by atoms with E-state index in [4.69, 9.17) is 32.6 Å². The van der Waals surface area contributed by atoms with Crippen molar-refractivity contribution in [3.8, 4) is 6.19 Å². The number of nitrogens with one attached hydrogen (secondary N) is 3. The summed E-state index contributed by atoms with van der Waals surface area (Å²) in [5, 5.41) is 19.8. The molecule has 0 spiro atoms. The first kappa shape index (κ1) is 27.0. The number of amides is 1. The lowest BCUT2D eigenvalue weighted by atomic mass is 10.0. The highest BCUT2D eigenvalue weighted by molar-refractivity contribution is 6.42. The second-order valence-electron chi connectivity index (χ2n) is 9.97. The first-order valence-corrected chi connectivity index (χ1v) is 13.5. The number of furan rings is 1. The Balaban J connectivity index is 1.31. The Morgan fingerprint density at radius 3 is 2.92 bits per heavy atom. The van der Waals surface area contributed by atoms with Crippen molar-refractivity contribution in [2.24, 2.45) is 10.9 Å². The lowest BCUT2D eigenvalue weighted by molar-refractivity contribution is -0.122. The van der Waals surface area contributed by atoms with Crippen LogP contribution in [-0.2, 0) is 16.1 Å². The van der Waals surface area contributed by atoms with Gasteiger partial charge in [0.15, 0.2) is 12.0 Å². The molecule has 2 unspecified atom stereocenters. The van der Waals surface area contributed by atoms with Gasteiger partial charge in [0.05, 0.1) is 22.5 Å². The van der Waals surface area contributed by atoms with E-state index >= 15 is 0 Å². The van der Waals surface area contributed by atoms with Crippen molar-refractivity contribution in [1.29, 1.82) is 5.26 Å². The molecule has 202 valence electrons. The summed E-state index contributed by atoms with van der Waals surface area (Å²) in [7, 11) is 0. The molecule has 3 N–H and O–H groups in total. The van der Waals surface area contributed by atoms with Gasteiger partial charge in [0, 0.05) is 24.2 Å². The van der Waals surface area contributed by atoms with E-state index in [1.54, 1.807) is 12.1 Å². The summed E-state index contributed by atoms with van der Waals surface area (Å²) in [4.78, 5) is 32.7. The Kier molecular flexibility index (Phi) is 7.80. The highest BCUT2D eigenvalue weighted by Crippen LogP contribution is 2.47. The number of hydrogen-bond acceptors (Lipinski definition) is 6. The minimum atomic E-state index is -1.01. The summed E-state index contributed by atoms with van der Waals surface area (Å²) in [6.07, 6.45) is 4.38. The zero-order valence-electron chi connectivity index (χ0n) is 21.4. The van der Waals surface area contributed by atoms with Crippen LogP contribution < -0.4 is 16.0 Å². The average molecular weight is 567 g/mol. The number of anilines is 1. The lowest BCUT2D eigenvalue weighted by Crippen LogP contribution is -2.44. The molecular weight excluding hydrogens is 539 g/mol. The number of Topliss-reactive ketones (excluding diaryl/α,β-unsaturated/α-hetero) is 1. The van der Waals surface area contributed by atoms with Crippen LogP contribution in [0.5, 0.6) is 0 Å². The molecule has 2 aliphatic rings. The number of likely N-dealkylation sites (tertiary alicyclic amines) is 1. The summed E-state index contributed by atoms with van der Waals surface area (Å²) in [6, 6.07) is 12.8. The van der Waals surface area contributed by atoms with Crippen LogP contribution in [0.25, 0.3) is 11.0 Å². The Morgan fingerprint density at radius 1 is 1.26 bits per heavy atom. The lowest BCUT2D eigenvalue weighted by Gasteiger charge is -2.27. The van der Waals surface area contributed by atoms with Crippen LogP contribution in [0.4, 0.5) is 5.69 Å². The number of benzene rings is 2. The third-order valence-electron chi connectivity index (χ3n) is 7.18. The second kappa shape index (κ2) is 11.3. The standard InChI is InChI=1S/C28H28Cl2N6O3/c1-17-11-19-12-20(8-9-23(19)39-17)34-27(33-16-31)35-28-15-36(10-3-2-6-21(28)26(28)38)14-24(37)32-13-18-5-4-7-22(29)25(18)30/h4-5,7-9,11-12,21H,2-3,6,10,13-15H2,1H3,(H,32,37)(H2,33,34,35). The normalized spacial score (nSPS) is 21.4. The van der Waals surface area contributed by atoms with Gasteiger partial charge in [-0.05, 0) is 62.2 Å². The molecule has 3 aromatic rings. The number of hydrogen-bond donors (Lipinski definition) is 3. The number of nitriles is 1. The van der Waals surface area contributed by atoms with Crippen LogP contribution in [0.15, 0.2) is 51.9 Å². The van der Waals surface area contributed by atoms with Crippen molar-refractivity contribution < 1.29 is 14.0 Å². The predicted molar refractivity (Wildman–Crippen MR) is 151 cm³/mol. The van der Waals surface area contributed by atoms with Crippen LogP contribution >= 0.6 is 23.2 Å². The molecule has 5 rings (SSSR count). The number of ketones is 1. The van der Waals surface area contributed by atoms with Gasteiger partial charge in [-0.2, -0.15) is 5.26 Å². The van der Waals surface area contributed by atoms with Crippen molar-refractivity contribution in [2.75, 3.05) is 25.0 Å². The topological polar surface area (TPSA) is 123 Å². The highest BCUT2D eigenvalue weighted by Gasteiger charge is 2.65. The van der Waals surface area contributed by atoms with Gasteiger partial charge in [-0.1, -0.05) is 41.8 Å². The number of carbonyl (C=O) groups is 2. The smallest absolute Gasteiger partial charge is 0.234 e. The molecule has 1 amide bonds. The van der Waals surface area contributed by atoms with Crippen molar-refractivity contribution >= 4 is 57.5 Å². The fourth-order valence-electron chi connectivity index (χ4n) is 5.23. The number of guanidine groups is 1. The van der Waals surface area contributed by atoms with E-state index in [2.05, 4.69) is 16.0 Å². The molecule has 1 aliphatic carbocycles. The number of carbonyl (C=O) groups excluding carboxylic acids is 2. The average Bonchev–Trinajstić information content (AvgIpc) is 3.20. The molecule has 39 heavy (non-hydrogen) atoms. The van der Waals surface area contributed by atoms with Crippen molar-refractivity contribution in [3.63, 3.8) is 0 Å². The number of rotatable bonds is 6. The molecule has 2 aromatic carbocycles. The third-order valence-corrected chi connectivity index (χ3v) is 8.04. The monoisotopic (exact) mass is 566 g/mol. The van der Waals surface area contributed by atoms with E-state index in [1.807, 2.05) is 48.3 Å². The molecule has 1 aromatic heterocycles. The molecule has 2 heterocycles. The summed E-state index contributed by atoms with van der Waals surface area (Å²) in [5.41, 5.74) is 1.17. The summed E-state index contributed by atoms with van der Waals surface area (Å²) in [5.74, 6) is 0.581. The quantitative estimate of drug-likeness (QED) is 0.172. The molecule has 2 atom stereocenters. The van der Waals surface area contributed by atoms with Crippen molar-refractivity contribution in [1.82, 2.24) is 15.5 Å². The minimum Gasteiger partial charge on any atom is -0.461 e. The zero-order chi connectivity index (χ0) is 27.6. The second-order valence-corrected chi connectivity index (χ2v) is 10.8. The van der Waals surface area contributed by atoms with Gasteiger partial charge in [0.2, 0.25) is 11.9 Å². The minimum absolute atomic E-state index is 0.0282. The summed E-state index contributed by atoms with van der Waals surface area (Å²) < 4.78 is 5.64. The molecule has 1 saturated heterocycles. The van der Waals surface area contributed by atoms with Crippen LogP contribution in [0.2, 0.25) is 10.0 Å². The van der Waals surface area contributed by atoms with Gasteiger partial charge >= 0.3 is 0 Å². The molecule has 0 bridgehead atoms. The van der Waals surface area contributed by atoms with Gasteiger partial charge in [-0.15, -0.1) is 0 Å². The first-order valence-electron chi connectivity index (χ1n) is 12.8. The molecule has 9 nitrogen and oxygen atoms in total. The summed E-state index contributed by atoms with van der Waals surface area (Å²) in [6.45, 7) is 3.19. The van der Waals surface area contributed by atoms with Gasteiger partial charge in [-0.25, -0.2) is 4.99 Å². The van der Waals surface area contributed by atoms with Crippen LogP contribution in [0.3, 0.4) is 0 Å². The Morgan fingerprint density at radius 2 is 2.10 bits per heavy atom. The van der Waals surface area contributed by atoms with E-state index in [-0.39, 0.29) is 36.7 Å². The van der Waals surface area contributed by atoms with Gasteiger partial charge in [-0.3, -0.25) is 19.8 Å². The van der Waals surface area contributed by atoms with E-state index in [0.717, 1.165) is 41.6 Å². The molecule has 11 heteroatoms. The first-order chi connectivity index (χ1) is 18.8. The van der Waals surface area contributed by atoms with E-state index in [0.29, 0.717) is 28.8 Å². The number of aryl methyl sites for hydroxylation is 1. The van der Waals surface area contributed by atoms with Crippen LogP contribution in [0.1, 0.15) is 30.6 Å². The largest absolute Gasteiger partial charge is 0.461 e. The summed E-state index contributed by atoms with van der Waals surface area (Å²) >= 11 is 12.3. The Hall–Kier alpha value is -3.58. The van der Waals surface area contributed by atoms with Gasteiger partial charge in [0.25, 0.3) is 0 Å². The van der Waals surface area contributed by atoms with Crippen molar-refractivity contribution in [2.45, 2.75) is 38.3 Å². The van der Waals surface area contributed by atoms with E-state index in [9.17, 15) is 14.9 Å². The number of fused-ring (bicyclic) bond motifs is 2. The molecule has 1 aliphatic heterocycles. The molecular formula is C28H28Cl2N6O3. The maximum atomic E-state index is 13.1. The molecule has 2 fully saturated rings. The Labute approximate surface area is 236 Å². The third kappa shape index (κ3) is 5.88. The maximum Gasteiger partial charge on any atom is 0.234 e. The highest BCUT2D eigenvalue weighted by atomic mass is 35.5. The van der Waals surface area contributed by atoms with Gasteiger partial charge < -0.3 is 15.1 Å². The molecule has 0 radical (unpaired) electrons. The number of aliphatic imine (C=N–C) groups is 1. The maximum absolute atomic E-state index is 13.1. The predicted octanol–water partition coefficient (Wildman–Crippen LogP) is 4.63.